The molecule has 1 atom stereocenters. The van der Waals surface area contributed by atoms with Gasteiger partial charge in [0.05, 0.1) is 11.4 Å². The molecule has 0 bridgehead atoms. The maximum absolute atomic E-state index is 14.5. The van der Waals surface area contributed by atoms with Gasteiger partial charge in [0, 0.05) is 34.5 Å². The number of aromatic nitrogens is 5. The molecule has 7 heteroatoms. The summed E-state index contributed by atoms with van der Waals surface area (Å²) in [6.45, 7) is 8.31. The Morgan fingerprint density at radius 2 is 1.87 bits per heavy atom. The van der Waals surface area contributed by atoms with Crippen LogP contribution in [0.5, 0.6) is 0 Å². The van der Waals surface area contributed by atoms with Crippen molar-refractivity contribution < 1.29 is 4.39 Å². The van der Waals surface area contributed by atoms with Gasteiger partial charge in [-0.2, -0.15) is 10.2 Å². The van der Waals surface area contributed by atoms with Crippen LogP contribution in [0.3, 0.4) is 0 Å². The molecule has 6 nitrogen and oxygen atoms in total. The van der Waals surface area contributed by atoms with Gasteiger partial charge in [-0.3, -0.25) is 5.10 Å². The lowest BCUT2D eigenvalue weighted by Gasteiger charge is -2.21. The summed E-state index contributed by atoms with van der Waals surface area (Å²) in [7, 11) is 3.90. The Labute approximate surface area is 175 Å². The SMILES string of the molecule is Cc1cc(-c2n[nH]c(-c3ccc(F)c(C(C)N(C)C)c3)c2C(C)C)cn2ncnc12. The number of pyridine rings is 1. The van der Waals surface area contributed by atoms with Gasteiger partial charge in [-0.1, -0.05) is 13.8 Å². The highest BCUT2D eigenvalue weighted by Crippen LogP contribution is 2.37. The van der Waals surface area contributed by atoms with E-state index in [1.807, 2.05) is 51.2 Å². The fraction of sp³-hybridized carbons (Fsp3) is 0.348. The van der Waals surface area contributed by atoms with Crippen LogP contribution >= 0.6 is 0 Å². The molecule has 0 amide bonds. The van der Waals surface area contributed by atoms with Gasteiger partial charge in [-0.05, 0) is 63.7 Å². The highest BCUT2D eigenvalue weighted by atomic mass is 19.1. The van der Waals surface area contributed by atoms with E-state index in [0.29, 0.717) is 5.56 Å². The minimum Gasteiger partial charge on any atom is -0.303 e. The zero-order valence-corrected chi connectivity index (χ0v) is 18.2. The summed E-state index contributed by atoms with van der Waals surface area (Å²) in [6, 6.07) is 7.33. The fourth-order valence-corrected chi connectivity index (χ4v) is 3.87. The third-order valence-corrected chi connectivity index (χ3v) is 5.72. The summed E-state index contributed by atoms with van der Waals surface area (Å²) in [6.07, 6.45) is 3.50. The van der Waals surface area contributed by atoms with E-state index in [1.165, 1.54) is 0 Å². The zero-order chi connectivity index (χ0) is 21.6. The molecule has 0 spiro atoms. The molecule has 156 valence electrons. The summed E-state index contributed by atoms with van der Waals surface area (Å²) >= 11 is 0. The number of nitrogens with zero attached hydrogens (tertiary/aromatic N) is 5. The van der Waals surface area contributed by atoms with Crippen LogP contribution in [0.2, 0.25) is 0 Å². The normalized spacial score (nSPS) is 13.0. The molecule has 0 fully saturated rings. The predicted molar refractivity (Wildman–Crippen MR) is 117 cm³/mol. The smallest absolute Gasteiger partial charge is 0.158 e. The van der Waals surface area contributed by atoms with Crippen molar-refractivity contribution in [3.63, 3.8) is 0 Å². The average molecular weight is 407 g/mol. The molecule has 0 aliphatic carbocycles. The molecule has 1 N–H and O–H groups in total. The maximum Gasteiger partial charge on any atom is 0.158 e. The third kappa shape index (κ3) is 3.39. The van der Waals surface area contributed by atoms with Gasteiger partial charge < -0.3 is 4.90 Å². The number of fused-ring (bicyclic) bond motifs is 1. The van der Waals surface area contributed by atoms with Gasteiger partial charge in [-0.25, -0.2) is 13.9 Å². The quantitative estimate of drug-likeness (QED) is 0.508. The van der Waals surface area contributed by atoms with Crippen molar-refractivity contribution in [1.29, 1.82) is 0 Å². The Hall–Kier alpha value is -3.06. The Balaban J connectivity index is 1.87. The fourth-order valence-electron chi connectivity index (χ4n) is 3.87. The van der Waals surface area contributed by atoms with Gasteiger partial charge in [-0.15, -0.1) is 0 Å². The summed E-state index contributed by atoms with van der Waals surface area (Å²) in [5.74, 6) is 0.0262. The highest BCUT2D eigenvalue weighted by Gasteiger charge is 2.22. The van der Waals surface area contributed by atoms with E-state index in [0.717, 1.165) is 39.3 Å². The summed E-state index contributed by atoms with van der Waals surface area (Å²) in [5.41, 5.74) is 7.35. The minimum atomic E-state index is -0.196. The molecule has 0 aliphatic heterocycles. The number of benzene rings is 1. The Bertz CT molecular complexity index is 1200. The standard InChI is InChI=1S/C23H27FN6/c1-13(2)20-21(16-7-8-19(24)18(10-16)15(4)29(5)6)27-28-22(20)17-9-14(3)23-25-12-26-30(23)11-17/h7-13,15H,1-6H3,(H,27,28). The summed E-state index contributed by atoms with van der Waals surface area (Å²) in [5, 5.41) is 12.2. The van der Waals surface area contributed by atoms with Crippen LogP contribution in [0.25, 0.3) is 28.2 Å². The molecule has 1 unspecified atom stereocenters. The van der Waals surface area contributed by atoms with E-state index in [2.05, 4.69) is 40.2 Å². The van der Waals surface area contributed by atoms with Crippen LogP contribution in [-0.2, 0) is 0 Å². The molecule has 3 heterocycles. The molecule has 4 rings (SSSR count). The molecule has 0 saturated heterocycles. The van der Waals surface area contributed by atoms with Crippen LogP contribution in [0, 0.1) is 12.7 Å². The molecule has 0 radical (unpaired) electrons. The number of rotatable bonds is 5. The highest BCUT2D eigenvalue weighted by molar-refractivity contribution is 5.76. The van der Waals surface area contributed by atoms with Crippen LogP contribution in [-0.4, -0.2) is 43.8 Å². The first-order valence-electron chi connectivity index (χ1n) is 10.1. The molecular weight excluding hydrogens is 379 g/mol. The van der Waals surface area contributed by atoms with Crippen LogP contribution in [0.1, 0.15) is 49.4 Å². The number of H-pyrrole nitrogens is 1. The van der Waals surface area contributed by atoms with Gasteiger partial charge in [0.25, 0.3) is 0 Å². The summed E-state index contributed by atoms with van der Waals surface area (Å²) in [4.78, 5) is 6.30. The number of aromatic amines is 1. The van der Waals surface area contributed by atoms with E-state index in [9.17, 15) is 4.39 Å². The van der Waals surface area contributed by atoms with Crippen molar-refractivity contribution >= 4 is 5.65 Å². The van der Waals surface area contributed by atoms with Gasteiger partial charge in [0.2, 0.25) is 0 Å². The minimum absolute atomic E-state index is 0.0350. The lowest BCUT2D eigenvalue weighted by molar-refractivity contribution is 0.313. The van der Waals surface area contributed by atoms with Crippen molar-refractivity contribution in [2.75, 3.05) is 14.1 Å². The Kier molecular flexibility index (Phi) is 5.15. The average Bonchev–Trinajstić information content (AvgIpc) is 3.35. The Morgan fingerprint density at radius 3 is 2.57 bits per heavy atom. The molecular formula is C23H27FN6. The van der Waals surface area contributed by atoms with Gasteiger partial charge in [0.1, 0.15) is 12.1 Å². The first-order valence-corrected chi connectivity index (χ1v) is 10.1. The first kappa shape index (κ1) is 20.2. The molecule has 30 heavy (non-hydrogen) atoms. The first-order chi connectivity index (χ1) is 14.3. The van der Waals surface area contributed by atoms with Crippen molar-refractivity contribution in [3.8, 4) is 22.5 Å². The van der Waals surface area contributed by atoms with Crippen molar-refractivity contribution in [1.82, 2.24) is 29.7 Å². The van der Waals surface area contributed by atoms with Crippen LogP contribution in [0.4, 0.5) is 4.39 Å². The number of hydrogen-bond acceptors (Lipinski definition) is 4. The van der Waals surface area contributed by atoms with Gasteiger partial charge in [0.15, 0.2) is 5.65 Å². The number of halogens is 1. The van der Waals surface area contributed by atoms with Crippen molar-refractivity contribution in [2.24, 2.45) is 0 Å². The monoisotopic (exact) mass is 406 g/mol. The van der Waals surface area contributed by atoms with Gasteiger partial charge >= 0.3 is 0 Å². The number of hydrogen-bond donors (Lipinski definition) is 1. The zero-order valence-electron chi connectivity index (χ0n) is 18.2. The second-order valence-electron chi connectivity index (χ2n) is 8.33. The van der Waals surface area contributed by atoms with E-state index in [1.54, 1.807) is 16.9 Å². The number of nitrogens with one attached hydrogen (secondary N) is 1. The van der Waals surface area contributed by atoms with E-state index < -0.39 is 0 Å². The summed E-state index contributed by atoms with van der Waals surface area (Å²) < 4.78 is 16.3. The van der Waals surface area contributed by atoms with E-state index >= 15 is 0 Å². The maximum atomic E-state index is 14.5. The molecule has 1 aromatic carbocycles. The van der Waals surface area contributed by atoms with Crippen LogP contribution < -0.4 is 0 Å². The number of aryl methyl sites for hydroxylation is 1. The topological polar surface area (TPSA) is 62.1 Å². The Morgan fingerprint density at radius 1 is 1.10 bits per heavy atom. The van der Waals surface area contributed by atoms with Crippen molar-refractivity contribution in [3.05, 3.63) is 59.3 Å². The molecule has 3 aromatic heterocycles. The molecule has 0 aliphatic rings. The van der Waals surface area contributed by atoms with E-state index in [-0.39, 0.29) is 17.8 Å². The van der Waals surface area contributed by atoms with Crippen molar-refractivity contribution in [2.45, 2.75) is 39.7 Å². The predicted octanol–water partition coefficient (Wildman–Crippen LogP) is 4.98. The lowest BCUT2D eigenvalue weighted by Crippen LogP contribution is -2.18. The van der Waals surface area contributed by atoms with E-state index in [4.69, 9.17) is 0 Å². The molecule has 0 saturated carbocycles. The molecule has 4 aromatic rings. The largest absolute Gasteiger partial charge is 0.303 e. The second kappa shape index (κ2) is 7.65. The third-order valence-electron chi connectivity index (χ3n) is 5.72. The second-order valence-corrected chi connectivity index (χ2v) is 8.33. The lowest BCUT2D eigenvalue weighted by atomic mass is 9.92. The van der Waals surface area contributed by atoms with Crippen LogP contribution in [0.15, 0.2) is 36.8 Å².